The van der Waals surface area contributed by atoms with Crippen LogP contribution in [0.15, 0.2) is 169 Å². The molecule has 0 aliphatic heterocycles. The third-order valence-electron chi connectivity index (χ3n) is 9.67. The van der Waals surface area contributed by atoms with Crippen molar-refractivity contribution in [2.45, 2.75) is 40.5 Å². The van der Waals surface area contributed by atoms with Crippen molar-refractivity contribution in [1.29, 1.82) is 0 Å². The lowest BCUT2D eigenvalue weighted by Crippen LogP contribution is -2.17. The van der Waals surface area contributed by atoms with Gasteiger partial charge in [0.2, 0.25) is 0 Å². The first kappa shape index (κ1) is 34.3. The first-order valence-electron chi connectivity index (χ1n) is 18.2. The average molecular weight is 675 g/mol. The summed E-state index contributed by atoms with van der Waals surface area (Å²) in [5.74, 6) is 0. The molecule has 0 fully saturated rings. The Morgan fingerprint density at radius 2 is 0.615 bits per heavy atom. The Bertz CT molecular complexity index is 2170. The van der Waals surface area contributed by atoms with Crippen molar-refractivity contribution < 1.29 is 0 Å². The molecule has 0 spiro atoms. The van der Waals surface area contributed by atoms with Gasteiger partial charge in [0, 0.05) is 34.1 Å². The Labute approximate surface area is 310 Å². The van der Waals surface area contributed by atoms with Gasteiger partial charge in [0.25, 0.3) is 0 Å². The predicted octanol–water partition coefficient (Wildman–Crippen LogP) is 14.2. The van der Waals surface area contributed by atoms with Crippen LogP contribution in [-0.4, -0.2) is 0 Å². The summed E-state index contributed by atoms with van der Waals surface area (Å²) in [5.41, 5.74) is 17.0. The van der Waals surface area contributed by atoms with Gasteiger partial charge >= 0.3 is 0 Å². The molecule has 52 heavy (non-hydrogen) atoms. The molecule has 0 saturated carbocycles. The lowest BCUT2D eigenvalue weighted by molar-refractivity contribution is 0.874. The minimum absolute atomic E-state index is 1.04. The highest BCUT2D eigenvalue weighted by molar-refractivity contribution is 5.79. The van der Waals surface area contributed by atoms with Gasteiger partial charge < -0.3 is 9.80 Å². The summed E-state index contributed by atoms with van der Waals surface area (Å²) >= 11 is 0. The zero-order valence-corrected chi connectivity index (χ0v) is 30.6. The van der Waals surface area contributed by atoms with Gasteiger partial charge in [-0.15, -0.1) is 0 Å². The van der Waals surface area contributed by atoms with Crippen molar-refractivity contribution in [2.24, 2.45) is 0 Å². The SMILES string of the molecule is CC1=CC=C(N(c2ccc(C)cc2)c2ccc(/C=C/c3ccc(/C=C/c4ccc(N(c5ccc(C)cc5)c5ccc(C)cc5)cc4)cc3)cc2)CC1. The number of allylic oxidation sites excluding steroid dienone is 4. The monoisotopic (exact) mass is 674 g/mol. The average Bonchev–Trinajstić information content (AvgIpc) is 3.18. The Morgan fingerprint density at radius 1 is 0.327 bits per heavy atom. The second kappa shape index (κ2) is 15.8. The number of aryl methyl sites for hydroxylation is 3. The van der Waals surface area contributed by atoms with E-state index < -0.39 is 0 Å². The molecule has 0 atom stereocenters. The highest BCUT2D eigenvalue weighted by Crippen LogP contribution is 2.36. The molecule has 1 aliphatic rings. The lowest BCUT2D eigenvalue weighted by atomic mass is 10.0. The summed E-state index contributed by atoms with van der Waals surface area (Å²) < 4.78 is 0. The van der Waals surface area contributed by atoms with E-state index in [0.717, 1.165) is 35.5 Å². The second-order valence-electron chi connectivity index (χ2n) is 13.9. The molecule has 1 aliphatic carbocycles. The maximum Gasteiger partial charge on any atom is 0.0462 e. The summed E-state index contributed by atoms with van der Waals surface area (Å²) in [7, 11) is 0. The maximum atomic E-state index is 2.39. The predicted molar refractivity (Wildman–Crippen MR) is 226 cm³/mol. The molecular formula is C50H46N2. The molecule has 256 valence electrons. The Morgan fingerprint density at radius 3 is 0.923 bits per heavy atom. The van der Waals surface area contributed by atoms with Crippen molar-refractivity contribution in [3.63, 3.8) is 0 Å². The summed E-state index contributed by atoms with van der Waals surface area (Å²) in [6, 6.07) is 52.6. The van der Waals surface area contributed by atoms with Gasteiger partial charge in [-0.2, -0.15) is 0 Å². The molecule has 0 unspecified atom stereocenters. The number of nitrogens with zero attached hydrogens (tertiary/aromatic N) is 2. The van der Waals surface area contributed by atoms with Crippen molar-refractivity contribution in [3.05, 3.63) is 208 Å². The number of anilines is 5. The normalized spacial score (nSPS) is 12.9. The molecule has 0 N–H and O–H groups in total. The minimum atomic E-state index is 1.04. The van der Waals surface area contributed by atoms with Crippen molar-refractivity contribution in [3.8, 4) is 0 Å². The minimum Gasteiger partial charge on any atom is -0.314 e. The lowest BCUT2D eigenvalue weighted by Gasteiger charge is -2.29. The van der Waals surface area contributed by atoms with Crippen LogP contribution < -0.4 is 9.80 Å². The van der Waals surface area contributed by atoms with E-state index in [2.05, 4.69) is 220 Å². The van der Waals surface area contributed by atoms with E-state index in [-0.39, 0.29) is 0 Å². The van der Waals surface area contributed by atoms with Crippen LogP contribution in [0.3, 0.4) is 0 Å². The zero-order chi connectivity index (χ0) is 35.9. The van der Waals surface area contributed by atoms with Crippen LogP contribution in [0.2, 0.25) is 0 Å². The van der Waals surface area contributed by atoms with E-state index in [0.29, 0.717) is 0 Å². The smallest absolute Gasteiger partial charge is 0.0462 e. The summed E-state index contributed by atoms with van der Waals surface area (Å²) in [4.78, 5) is 4.70. The third kappa shape index (κ3) is 8.42. The van der Waals surface area contributed by atoms with Gasteiger partial charge in [-0.05, 0) is 130 Å². The Kier molecular flexibility index (Phi) is 10.5. The Balaban J connectivity index is 1.02. The summed E-state index contributed by atoms with van der Waals surface area (Å²) in [5, 5.41) is 0. The fourth-order valence-electron chi connectivity index (χ4n) is 6.50. The topological polar surface area (TPSA) is 6.48 Å². The molecule has 7 rings (SSSR count). The maximum absolute atomic E-state index is 2.39. The molecule has 6 aromatic carbocycles. The van der Waals surface area contributed by atoms with Gasteiger partial charge in [-0.25, -0.2) is 0 Å². The van der Waals surface area contributed by atoms with Crippen molar-refractivity contribution >= 4 is 52.7 Å². The highest BCUT2D eigenvalue weighted by atomic mass is 15.2. The van der Waals surface area contributed by atoms with Crippen LogP contribution in [0.5, 0.6) is 0 Å². The number of hydrogen-bond acceptors (Lipinski definition) is 2. The van der Waals surface area contributed by atoms with Crippen molar-refractivity contribution in [1.82, 2.24) is 0 Å². The van der Waals surface area contributed by atoms with Crippen LogP contribution in [0.1, 0.15) is 58.7 Å². The number of hydrogen-bond donors (Lipinski definition) is 0. The third-order valence-corrected chi connectivity index (χ3v) is 9.67. The first-order valence-corrected chi connectivity index (χ1v) is 18.2. The molecular weight excluding hydrogens is 629 g/mol. The second-order valence-corrected chi connectivity index (χ2v) is 13.9. The molecule has 0 radical (unpaired) electrons. The molecule has 0 saturated heterocycles. The van der Waals surface area contributed by atoms with Gasteiger partial charge in [-0.3, -0.25) is 0 Å². The summed E-state index contributed by atoms with van der Waals surface area (Å²) in [6.45, 7) is 8.60. The summed E-state index contributed by atoms with van der Waals surface area (Å²) in [6.07, 6.45) is 15.4. The zero-order valence-electron chi connectivity index (χ0n) is 30.6. The Hall–Kier alpha value is -6.12. The van der Waals surface area contributed by atoms with Crippen LogP contribution in [0.25, 0.3) is 24.3 Å². The van der Waals surface area contributed by atoms with E-state index >= 15 is 0 Å². The number of rotatable bonds is 10. The van der Waals surface area contributed by atoms with Gasteiger partial charge in [0.15, 0.2) is 0 Å². The molecule has 2 heteroatoms. The fourth-order valence-corrected chi connectivity index (χ4v) is 6.50. The molecule has 0 bridgehead atoms. The van der Waals surface area contributed by atoms with Crippen LogP contribution in [0, 0.1) is 20.8 Å². The van der Waals surface area contributed by atoms with Crippen LogP contribution in [0.4, 0.5) is 28.4 Å². The fraction of sp³-hybridized carbons (Fsp3) is 0.120. The van der Waals surface area contributed by atoms with E-state index in [1.807, 2.05) is 0 Å². The van der Waals surface area contributed by atoms with Crippen molar-refractivity contribution in [2.75, 3.05) is 9.80 Å². The molecule has 6 aromatic rings. The van der Waals surface area contributed by atoms with E-state index in [9.17, 15) is 0 Å². The quantitative estimate of drug-likeness (QED) is 0.133. The van der Waals surface area contributed by atoms with Crippen LogP contribution in [-0.2, 0) is 0 Å². The van der Waals surface area contributed by atoms with Crippen LogP contribution >= 0.6 is 0 Å². The number of benzene rings is 6. The van der Waals surface area contributed by atoms with Gasteiger partial charge in [0.1, 0.15) is 0 Å². The van der Waals surface area contributed by atoms with Gasteiger partial charge in [0.05, 0.1) is 0 Å². The molecule has 2 nitrogen and oxygen atoms in total. The molecule has 0 heterocycles. The van der Waals surface area contributed by atoms with E-state index in [1.54, 1.807) is 0 Å². The van der Waals surface area contributed by atoms with E-state index in [4.69, 9.17) is 0 Å². The largest absolute Gasteiger partial charge is 0.314 e. The van der Waals surface area contributed by atoms with Gasteiger partial charge in [-0.1, -0.05) is 138 Å². The molecule has 0 amide bonds. The highest BCUT2D eigenvalue weighted by Gasteiger charge is 2.16. The van der Waals surface area contributed by atoms with E-state index in [1.165, 1.54) is 56.0 Å². The standard InChI is InChI=1S/C50H46N2/c1-37-5-25-45(26-6-37)51(46-27-7-38(2)8-28-46)49-33-21-43(22-34-49)19-17-41-13-15-42(16-14-41)18-20-44-23-35-50(36-24-44)52(47-29-9-39(3)10-30-47)48-31-11-40(4)12-32-48/h5-11,13-31,33-36H,12,32H2,1-4H3/b19-17+,20-18+. The first-order chi connectivity index (χ1) is 25.4. The molecule has 0 aromatic heterocycles.